The lowest BCUT2D eigenvalue weighted by Crippen LogP contribution is -2.31. The number of hydrogen-bond acceptors (Lipinski definition) is 5. The molecule has 148 valence electrons. The van der Waals surface area contributed by atoms with Crippen molar-refractivity contribution < 1.29 is 9.18 Å². The number of nitrogens with one attached hydrogen (secondary N) is 2. The number of H-pyrrole nitrogens is 1. The molecule has 0 unspecified atom stereocenters. The minimum Gasteiger partial charge on any atom is -0.342 e. The van der Waals surface area contributed by atoms with Gasteiger partial charge in [-0.1, -0.05) is 26.0 Å². The summed E-state index contributed by atoms with van der Waals surface area (Å²) < 4.78 is 15.2. The number of carbonyl (C=O) groups is 1. The molecule has 0 fully saturated rings. The molecule has 2 aromatic carbocycles. The predicted molar refractivity (Wildman–Crippen MR) is 105 cm³/mol. The van der Waals surface area contributed by atoms with Crippen LogP contribution in [0.3, 0.4) is 0 Å². The average molecular weight is 393 g/mol. The Labute approximate surface area is 166 Å². The van der Waals surface area contributed by atoms with Gasteiger partial charge >= 0.3 is 0 Å². The maximum absolute atomic E-state index is 13.9. The summed E-state index contributed by atoms with van der Waals surface area (Å²) in [5.74, 6) is 0.0193. The molecule has 4 rings (SSSR count). The van der Waals surface area contributed by atoms with Crippen molar-refractivity contribution in [2.75, 3.05) is 0 Å². The van der Waals surface area contributed by atoms with E-state index in [1.807, 2.05) is 24.3 Å². The third kappa shape index (κ3) is 3.98. The molecule has 0 aliphatic rings. The molecule has 1 atom stereocenters. The molecule has 29 heavy (non-hydrogen) atoms. The number of carbonyl (C=O) groups excluding carboxylic acids is 1. The van der Waals surface area contributed by atoms with Gasteiger partial charge in [0.15, 0.2) is 0 Å². The number of benzene rings is 2. The Balaban J connectivity index is 1.68. The molecule has 2 heterocycles. The zero-order chi connectivity index (χ0) is 20.4. The molecule has 0 saturated carbocycles. The summed E-state index contributed by atoms with van der Waals surface area (Å²) in [4.78, 5) is 21.0. The van der Waals surface area contributed by atoms with Gasteiger partial charge in [-0.15, -0.1) is 5.10 Å². The number of amides is 1. The molecule has 0 aliphatic carbocycles. The van der Waals surface area contributed by atoms with E-state index in [9.17, 15) is 9.18 Å². The van der Waals surface area contributed by atoms with Crippen molar-refractivity contribution in [3.05, 3.63) is 66.0 Å². The molecular weight excluding hydrogens is 373 g/mol. The molecule has 0 radical (unpaired) electrons. The molecule has 0 bridgehead atoms. The zero-order valence-electron chi connectivity index (χ0n) is 16.0. The molecule has 9 heteroatoms. The van der Waals surface area contributed by atoms with Gasteiger partial charge in [0, 0.05) is 0 Å². The third-order valence-corrected chi connectivity index (χ3v) is 4.55. The fraction of sp³-hybridized carbons (Fsp3) is 0.250. The van der Waals surface area contributed by atoms with E-state index < -0.39 is 11.7 Å². The predicted octanol–water partition coefficient (Wildman–Crippen LogP) is 3.19. The van der Waals surface area contributed by atoms with Gasteiger partial charge in [0.1, 0.15) is 18.0 Å². The fourth-order valence-electron chi connectivity index (χ4n) is 3.25. The van der Waals surface area contributed by atoms with Crippen LogP contribution in [0.25, 0.3) is 16.7 Å². The number of rotatable bonds is 6. The number of imidazole rings is 1. The van der Waals surface area contributed by atoms with Crippen LogP contribution in [0.4, 0.5) is 4.39 Å². The lowest BCUT2D eigenvalue weighted by molar-refractivity contribution is 0.0929. The van der Waals surface area contributed by atoms with Gasteiger partial charge in [0.2, 0.25) is 0 Å². The van der Waals surface area contributed by atoms with Crippen molar-refractivity contribution in [1.82, 2.24) is 35.5 Å². The van der Waals surface area contributed by atoms with E-state index in [1.54, 1.807) is 0 Å². The Bertz CT molecular complexity index is 1100. The Morgan fingerprint density at radius 1 is 1.24 bits per heavy atom. The second-order valence-electron chi connectivity index (χ2n) is 7.21. The van der Waals surface area contributed by atoms with Crippen molar-refractivity contribution in [1.29, 1.82) is 0 Å². The number of aromatic nitrogens is 6. The van der Waals surface area contributed by atoms with Crippen LogP contribution in [0.2, 0.25) is 0 Å². The van der Waals surface area contributed by atoms with Crippen LogP contribution in [0, 0.1) is 11.7 Å². The summed E-state index contributed by atoms with van der Waals surface area (Å²) in [5.41, 5.74) is 2.25. The Morgan fingerprint density at radius 2 is 2.07 bits per heavy atom. The van der Waals surface area contributed by atoms with Crippen LogP contribution in [0.1, 0.15) is 42.5 Å². The monoisotopic (exact) mass is 393 g/mol. The smallest absolute Gasteiger partial charge is 0.254 e. The van der Waals surface area contributed by atoms with E-state index in [0.717, 1.165) is 11.0 Å². The van der Waals surface area contributed by atoms with Crippen LogP contribution < -0.4 is 5.32 Å². The normalized spacial score (nSPS) is 12.4. The summed E-state index contributed by atoms with van der Waals surface area (Å²) in [6.07, 6.45) is 2.02. The first-order valence-corrected chi connectivity index (χ1v) is 9.29. The third-order valence-electron chi connectivity index (χ3n) is 4.55. The van der Waals surface area contributed by atoms with Crippen molar-refractivity contribution >= 4 is 16.9 Å². The van der Waals surface area contributed by atoms with Gasteiger partial charge < -0.3 is 10.3 Å². The number of fused-ring (bicyclic) bond motifs is 1. The number of aromatic amines is 1. The molecule has 4 aromatic rings. The van der Waals surface area contributed by atoms with Crippen molar-refractivity contribution in [3.63, 3.8) is 0 Å². The molecule has 8 nitrogen and oxygen atoms in total. The number of nitrogens with zero attached hydrogens (tertiary/aromatic N) is 5. The minimum absolute atomic E-state index is 0.141. The van der Waals surface area contributed by atoms with Crippen LogP contribution in [0.15, 0.2) is 48.8 Å². The van der Waals surface area contributed by atoms with Crippen molar-refractivity contribution in [2.24, 2.45) is 5.92 Å². The van der Waals surface area contributed by atoms with E-state index in [0.29, 0.717) is 23.9 Å². The minimum atomic E-state index is -0.517. The first-order chi connectivity index (χ1) is 14.0. The van der Waals surface area contributed by atoms with E-state index in [1.165, 1.54) is 29.2 Å². The highest BCUT2D eigenvalue weighted by Gasteiger charge is 2.23. The fourth-order valence-corrected chi connectivity index (χ4v) is 3.25. The summed E-state index contributed by atoms with van der Waals surface area (Å²) >= 11 is 0. The Hall–Kier alpha value is -3.62. The van der Waals surface area contributed by atoms with Crippen LogP contribution in [0.5, 0.6) is 0 Å². The van der Waals surface area contributed by atoms with Crippen LogP contribution >= 0.6 is 0 Å². The van der Waals surface area contributed by atoms with Crippen molar-refractivity contribution in [2.45, 2.75) is 26.3 Å². The molecule has 2 N–H and O–H groups in total. The largest absolute Gasteiger partial charge is 0.342 e. The summed E-state index contributed by atoms with van der Waals surface area (Å²) in [5, 5.41) is 14.0. The molecule has 2 aromatic heterocycles. The van der Waals surface area contributed by atoms with Crippen LogP contribution in [-0.4, -0.2) is 36.1 Å². The van der Waals surface area contributed by atoms with Gasteiger partial charge in [-0.2, -0.15) is 4.68 Å². The SMILES string of the molecule is CC(C)C[C@@H](NC(=O)c1cc(F)ccc1-n1cnnn1)c1nc2ccccc2[nH]1. The van der Waals surface area contributed by atoms with E-state index >= 15 is 0 Å². The lowest BCUT2D eigenvalue weighted by Gasteiger charge is -2.19. The van der Waals surface area contributed by atoms with Gasteiger partial charge in [-0.05, 0) is 53.1 Å². The molecule has 0 aliphatic heterocycles. The topological polar surface area (TPSA) is 101 Å². The second-order valence-corrected chi connectivity index (χ2v) is 7.21. The molecule has 0 spiro atoms. The van der Waals surface area contributed by atoms with Gasteiger partial charge in [0.05, 0.1) is 28.3 Å². The van der Waals surface area contributed by atoms with E-state index in [-0.39, 0.29) is 11.6 Å². The summed E-state index contributed by atoms with van der Waals surface area (Å²) in [6, 6.07) is 11.2. The highest BCUT2D eigenvalue weighted by atomic mass is 19.1. The Kier molecular flexibility index (Phi) is 5.03. The first-order valence-electron chi connectivity index (χ1n) is 9.29. The number of tetrazole rings is 1. The highest BCUT2D eigenvalue weighted by Crippen LogP contribution is 2.23. The number of para-hydroxylation sites is 2. The Morgan fingerprint density at radius 3 is 2.79 bits per heavy atom. The quantitative estimate of drug-likeness (QED) is 0.524. The standard InChI is InChI=1S/C20H20FN7O/c1-12(2)9-17(19-23-15-5-3-4-6-16(15)24-19)25-20(29)14-10-13(21)7-8-18(14)28-11-22-26-27-28/h3-8,10-12,17H,9H2,1-2H3,(H,23,24)(H,25,29)/t17-/m1/s1. The zero-order valence-corrected chi connectivity index (χ0v) is 16.0. The number of halogens is 1. The highest BCUT2D eigenvalue weighted by molar-refractivity contribution is 5.98. The maximum atomic E-state index is 13.9. The molecule has 0 saturated heterocycles. The first kappa shape index (κ1) is 18.7. The maximum Gasteiger partial charge on any atom is 0.254 e. The van der Waals surface area contributed by atoms with Gasteiger partial charge in [-0.25, -0.2) is 9.37 Å². The van der Waals surface area contributed by atoms with E-state index in [4.69, 9.17) is 0 Å². The van der Waals surface area contributed by atoms with Gasteiger partial charge in [-0.3, -0.25) is 4.79 Å². The van der Waals surface area contributed by atoms with Crippen LogP contribution in [-0.2, 0) is 0 Å². The average Bonchev–Trinajstić information content (AvgIpc) is 3.36. The molecular formula is C20H20FN7O. The summed E-state index contributed by atoms with van der Waals surface area (Å²) in [7, 11) is 0. The van der Waals surface area contributed by atoms with Crippen molar-refractivity contribution in [3.8, 4) is 5.69 Å². The summed E-state index contributed by atoms with van der Waals surface area (Å²) in [6.45, 7) is 4.13. The van der Waals surface area contributed by atoms with E-state index in [2.05, 4.69) is 44.7 Å². The number of hydrogen-bond donors (Lipinski definition) is 2. The molecule has 1 amide bonds. The second kappa shape index (κ2) is 7.78. The van der Waals surface area contributed by atoms with Gasteiger partial charge in [0.25, 0.3) is 5.91 Å². The lowest BCUT2D eigenvalue weighted by atomic mass is 10.0.